The SMILES string of the molecule is CCc1ccc(N2C(=O)CC(SCCO)C2=O)cc1. The van der Waals surface area contributed by atoms with E-state index in [1.54, 1.807) is 0 Å². The van der Waals surface area contributed by atoms with Crippen molar-refractivity contribution in [2.75, 3.05) is 17.3 Å². The molecule has 1 aromatic rings. The first-order chi connectivity index (χ1) is 9.17. The molecule has 0 spiro atoms. The van der Waals surface area contributed by atoms with Gasteiger partial charge in [-0.25, -0.2) is 4.90 Å². The van der Waals surface area contributed by atoms with Crippen molar-refractivity contribution < 1.29 is 14.7 Å². The number of benzene rings is 1. The van der Waals surface area contributed by atoms with Gasteiger partial charge in [-0.3, -0.25) is 9.59 Å². The van der Waals surface area contributed by atoms with Crippen LogP contribution in [0.2, 0.25) is 0 Å². The third-order valence-corrected chi connectivity index (χ3v) is 4.31. The minimum atomic E-state index is -0.356. The number of imide groups is 1. The lowest BCUT2D eigenvalue weighted by molar-refractivity contribution is -0.121. The number of aliphatic hydroxyl groups excluding tert-OH is 1. The molecule has 1 N–H and O–H groups in total. The van der Waals surface area contributed by atoms with E-state index < -0.39 is 0 Å². The second kappa shape index (κ2) is 6.21. The highest BCUT2D eigenvalue weighted by atomic mass is 32.2. The first kappa shape index (κ1) is 14.1. The maximum atomic E-state index is 12.2. The number of hydrogen-bond donors (Lipinski definition) is 1. The first-order valence-electron chi connectivity index (χ1n) is 6.35. The van der Waals surface area contributed by atoms with Gasteiger partial charge in [-0.05, 0) is 24.1 Å². The number of aryl methyl sites for hydroxylation is 1. The zero-order valence-electron chi connectivity index (χ0n) is 10.8. The Labute approximate surface area is 116 Å². The Morgan fingerprint density at radius 3 is 2.58 bits per heavy atom. The lowest BCUT2D eigenvalue weighted by Crippen LogP contribution is -2.31. The molecule has 1 fully saturated rings. The average molecular weight is 279 g/mol. The molecular formula is C14H17NO3S. The van der Waals surface area contributed by atoms with Crippen LogP contribution in [0.5, 0.6) is 0 Å². The van der Waals surface area contributed by atoms with Crippen molar-refractivity contribution in [3.63, 3.8) is 0 Å². The fourth-order valence-corrected chi connectivity index (χ4v) is 2.98. The summed E-state index contributed by atoms with van der Waals surface area (Å²) in [7, 11) is 0. The van der Waals surface area contributed by atoms with Gasteiger partial charge in [0.2, 0.25) is 11.8 Å². The highest BCUT2D eigenvalue weighted by Gasteiger charge is 2.39. The maximum absolute atomic E-state index is 12.2. The van der Waals surface area contributed by atoms with Gasteiger partial charge in [-0.1, -0.05) is 19.1 Å². The van der Waals surface area contributed by atoms with Crippen LogP contribution in [0.15, 0.2) is 24.3 Å². The molecule has 1 atom stereocenters. The van der Waals surface area contributed by atoms with Crippen molar-refractivity contribution in [3.05, 3.63) is 29.8 Å². The summed E-state index contributed by atoms with van der Waals surface area (Å²) < 4.78 is 0. The van der Waals surface area contributed by atoms with E-state index >= 15 is 0 Å². The standard InChI is InChI=1S/C14H17NO3S/c1-2-10-3-5-11(6-4-10)15-13(17)9-12(14(15)18)19-8-7-16/h3-6,12,16H,2,7-9H2,1H3. The number of nitrogens with zero attached hydrogens (tertiary/aromatic N) is 1. The maximum Gasteiger partial charge on any atom is 0.247 e. The fraction of sp³-hybridized carbons (Fsp3) is 0.429. The van der Waals surface area contributed by atoms with Gasteiger partial charge in [0.15, 0.2) is 0 Å². The van der Waals surface area contributed by atoms with E-state index in [-0.39, 0.29) is 30.1 Å². The lowest BCUT2D eigenvalue weighted by atomic mass is 10.1. The van der Waals surface area contributed by atoms with Crippen molar-refractivity contribution in [2.24, 2.45) is 0 Å². The second-order valence-corrected chi connectivity index (χ2v) is 5.69. The molecule has 1 heterocycles. The number of rotatable bonds is 5. The van der Waals surface area contributed by atoms with E-state index in [9.17, 15) is 9.59 Å². The summed E-state index contributed by atoms with van der Waals surface area (Å²) >= 11 is 1.34. The summed E-state index contributed by atoms with van der Waals surface area (Å²) in [6.07, 6.45) is 1.15. The van der Waals surface area contributed by atoms with E-state index in [0.717, 1.165) is 6.42 Å². The molecule has 0 radical (unpaired) electrons. The molecule has 102 valence electrons. The highest BCUT2D eigenvalue weighted by Crippen LogP contribution is 2.29. The zero-order valence-corrected chi connectivity index (χ0v) is 11.7. The number of thioether (sulfide) groups is 1. The Kier molecular flexibility index (Phi) is 4.61. The van der Waals surface area contributed by atoms with Crippen molar-refractivity contribution in [1.82, 2.24) is 0 Å². The largest absolute Gasteiger partial charge is 0.396 e. The molecule has 1 aliphatic heterocycles. The van der Waals surface area contributed by atoms with Crippen LogP contribution < -0.4 is 4.90 Å². The van der Waals surface area contributed by atoms with E-state index in [4.69, 9.17) is 5.11 Å². The van der Waals surface area contributed by atoms with Crippen LogP contribution >= 0.6 is 11.8 Å². The number of amides is 2. The normalized spacial score (nSPS) is 19.3. The zero-order chi connectivity index (χ0) is 13.8. The van der Waals surface area contributed by atoms with Crippen LogP contribution in [0.1, 0.15) is 18.9 Å². The molecule has 0 aromatic heterocycles. The predicted octanol–water partition coefficient (Wildman–Crippen LogP) is 1.61. The van der Waals surface area contributed by atoms with Crippen molar-refractivity contribution in [2.45, 2.75) is 25.0 Å². The highest BCUT2D eigenvalue weighted by molar-refractivity contribution is 8.00. The summed E-state index contributed by atoms with van der Waals surface area (Å²) in [5.74, 6) is 0.143. The fourth-order valence-electron chi connectivity index (χ4n) is 2.08. The minimum Gasteiger partial charge on any atom is -0.396 e. The second-order valence-electron chi connectivity index (χ2n) is 4.37. The topological polar surface area (TPSA) is 57.6 Å². The summed E-state index contributed by atoms with van der Waals surface area (Å²) in [4.78, 5) is 25.4. The van der Waals surface area contributed by atoms with E-state index in [1.165, 1.54) is 22.2 Å². The molecule has 5 heteroatoms. The Balaban J connectivity index is 2.14. The molecule has 1 aliphatic rings. The van der Waals surface area contributed by atoms with Crippen molar-refractivity contribution >= 4 is 29.3 Å². The number of anilines is 1. The Morgan fingerprint density at radius 1 is 1.32 bits per heavy atom. The Bertz CT molecular complexity index is 472. The quantitative estimate of drug-likeness (QED) is 0.832. The van der Waals surface area contributed by atoms with E-state index in [0.29, 0.717) is 11.4 Å². The van der Waals surface area contributed by atoms with Crippen LogP contribution in [-0.2, 0) is 16.0 Å². The summed E-state index contributed by atoms with van der Waals surface area (Å²) in [6, 6.07) is 7.50. The van der Waals surface area contributed by atoms with Gasteiger partial charge < -0.3 is 5.11 Å². The minimum absolute atomic E-state index is 0.0217. The summed E-state index contributed by atoms with van der Waals surface area (Å²) in [5, 5.41) is 8.43. The van der Waals surface area contributed by atoms with Gasteiger partial charge in [-0.15, -0.1) is 11.8 Å². The van der Waals surface area contributed by atoms with Crippen molar-refractivity contribution in [3.8, 4) is 0 Å². The van der Waals surface area contributed by atoms with Gasteiger partial charge in [0, 0.05) is 12.2 Å². The van der Waals surface area contributed by atoms with Gasteiger partial charge >= 0.3 is 0 Å². The van der Waals surface area contributed by atoms with Crippen LogP contribution in [-0.4, -0.2) is 34.5 Å². The molecule has 1 unspecified atom stereocenters. The Morgan fingerprint density at radius 2 is 2.00 bits per heavy atom. The van der Waals surface area contributed by atoms with Crippen LogP contribution in [0.4, 0.5) is 5.69 Å². The molecule has 1 aromatic carbocycles. The van der Waals surface area contributed by atoms with Crippen LogP contribution in [0.3, 0.4) is 0 Å². The smallest absolute Gasteiger partial charge is 0.247 e. The molecule has 0 saturated carbocycles. The van der Waals surface area contributed by atoms with Gasteiger partial charge in [0.25, 0.3) is 0 Å². The monoisotopic (exact) mass is 279 g/mol. The number of carbonyl (C=O) groups is 2. The van der Waals surface area contributed by atoms with Crippen LogP contribution in [0, 0.1) is 0 Å². The molecular weight excluding hydrogens is 262 g/mol. The molecule has 0 bridgehead atoms. The van der Waals surface area contributed by atoms with E-state index in [2.05, 4.69) is 6.92 Å². The number of carbonyl (C=O) groups excluding carboxylic acids is 2. The third kappa shape index (κ3) is 2.98. The first-order valence-corrected chi connectivity index (χ1v) is 7.40. The molecule has 2 rings (SSSR count). The van der Waals surface area contributed by atoms with Gasteiger partial charge in [0.05, 0.1) is 17.5 Å². The molecule has 2 amide bonds. The van der Waals surface area contributed by atoms with Crippen LogP contribution in [0.25, 0.3) is 0 Å². The lowest BCUT2D eigenvalue weighted by Gasteiger charge is -2.15. The average Bonchev–Trinajstić information content (AvgIpc) is 2.71. The molecule has 1 saturated heterocycles. The molecule has 0 aliphatic carbocycles. The van der Waals surface area contributed by atoms with Gasteiger partial charge in [0.1, 0.15) is 0 Å². The number of aliphatic hydroxyl groups is 1. The molecule has 19 heavy (non-hydrogen) atoms. The van der Waals surface area contributed by atoms with Gasteiger partial charge in [-0.2, -0.15) is 0 Å². The third-order valence-electron chi connectivity index (χ3n) is 3.12. The van der Waals surface area contributed by atoms with E-state index in [1.807, 2.05) is 24.3 Å². The predicted molar refractivity (Wildman–Crippen MR) is 76.3 cm³/mol. The molecule has 4 nitrogen and oxygen atoms in total. The number of hydrogen-bond acceptors (Lipinski definition) is 4. The summed E-state index contributed by atoms with van der Waals surface area (Å²) in [5.41, 5.74) is 1.81. The van der Waals surface area contributed by atoms with Crippen molar-refractivity contribution in [1.29, 1.82) is 0 Å². The Hall–Kier alpha value is -1.33. The summed E-state index contributed by atoms with van der Waals surface area (Å²) in [6.45, 7) is 2.08.